The summed E-state index contributed by atoms with van der Waals surface area (Å²) in [5, 5.41) is 10.6. The Labute approximate surface area is 117 Å². The molecule has 0 fully saturated rings. The van der Waals surface area contributed by atoms with E-state index in [1.165, 1.54) is 0 Å². The Hall–Kier alpha value is -1.69. The highest BCUT2D eigenvalue weighted by molar-refractivity contribution is 8.13. The monoisotopic (exact) mass is 355 g/mol. The van der Waals surface area contributed by atoms with E-state index in [4.69, 9.17) is 10.7 Å². The van der Waals surface area contributed by atoms with Gasteiger partial charge in [0.1, 0.15) is 4.90 Å². The van der Waals surface area contributed by atoms with Gasteiger partial charge in [0.15, 0.2) is 0 Å². The summed E-state index contributed by atoms with van der Waals surface area (Å²) < 4.78 is 87.6. The Morgan fingerprint density at radius 1 is 1.29 bits per heavy atom. The number of ether oxygens (including phenoxy) is 1. The van der Waals surface area contributed by atoms with E-state index in [0.717, 1.165) is 0 Å². The van der Waals surface area contributed by atoms with Gasteiger partial charge in [-0.05, 0) is 6.07 Å². The molecule has 0 atom stereocenters. The Balaban J connectivity index is 3.82. The second kappa shape index (κ2) is 5.60. The lowest BCUT2D eigenvalue weighted by atomic mass is 10.2. The van der Waals surface area contributed by atoms with Crippen molar-refractivity contribution in [3.8, 4) is 5.75 Å². The zero-order valence-electron chi connectivity index (χ0n) is 9.40. The molecule has 1 aromatic carbocycles. The summed E-state index contributed by atoms with van der Waals surface area (Å²) in [5.74, 6) is -1.92. The normalized spacial score (nSPS) is 12.5. The van der Waals surface area contributed by atoms with E-state index >= 15 is 0 Å². The molecule has 1 rings (SSSR count). The first-order chi connectivity index (χ1) is 9.34. The summed E-state index contributed by atoms with van der Waals surface area (Å²) in [7, 11) is -0.387. The number of nitrogens with zero attached hydrogens (tertiary/aromatic N) is 1. The van der Waals surface area contributed by atoms with Gasteiger partial charge < -0.3 is 4.74 Å². The summed E-state index contributed by atoms with van der Waals surface area (Å²) >= 11 is 0. The van der Waals surface area contributed by atoms with Gasteiger partial charge in [-0.15, -0.1) is 13.2 Å². The molecule has 0 spiro atoms. The topological polar surface area (TPSA) is 86.5 Å². The maximum atomic E-state index is 12.7. The second-order valence-electron chi connectivity index (χ2n) is 3.38. The lowest BCUT2D eigenvalue weighted by molar-refractivity contribution is -0.389. The SMILES string of the molecule is O=[N+]([O-])c1ccc(C(F)F)c(S(=O)(=O)Cl)c1OC(F)(F)F. The van der Waals surface area contributed by atoms with Gasteiger partial charge in [0.25, 0.3) is 15.5 Å². The molecule has 0 unspecified atom stereocenters. The number of benzene rings is 1. The van der Waals surface area contributed by atoms with Gasteiger partial charge in [0.2, 0.25) is 5.75 Å². The number of rotatable bonds is 4. The molecule has 0 saturated carbocycles. The van der Waals surface area contributed by atoms with Crippen LogP contribution in [0.1, 0.15) is 12.0 Å². The second-order valence-corrected chi connectivity index (χ2v) is 5.88. The van der Waals surface area contributed by atoms with Gasteiger partial charge in [-0.1, -0.05) is 0 Å². The summed E-state index contributed by atoms with van der Waals surface area (Å²) in [6.07, 6.45) is -9.10. The predicted octanol–water partition coefficient (Wildman–Crippen LogP) is 3.36. The van der Waals surface area contributed by atoms with Crippen LogP contribution >= 0.6 is 10.7 Å². The zero-order valence-corrected chi connectivity index (χ0v) is 11.0. The summed E-state index contributed by atoms with van der Waals surface area (Å²) in [4.78, 5) is 7.37. The lowest BCUT2D eigenvalue weighted by Crippen LogP contribution is -2.20. The van der Waals surface area contributed by atoms with Crippen LogP contribution in [-0.4, -0.2) is 19.7 Å². The molecule has 21 heavy (non-hydrogen) atoms. The van der Waals surface area contributed by atoms with E-state index in [1.807, 2.05) is 0 Å². The zero-order chi connectivity index (χ0) is 16.6. The van der Waals surface area contributed by atoms with Gasteiger partial charge in [0, 0.05) is 22.3 Å². The standard InChI is InChI=1S/C8H3ClF5NO5S/c9-21(18,19)6-3(7(10)11)1-2-4(15(16)17)5(6)20-8(12,13)14/h1-2,7H. The van der Waals surface area contributed by atoms with Crippen LogP contribution in [-0.2, 0) is 9.05 Å². The molecule has 0 saturated heterocycles. The molecule has 0 bridgehead atoms. The largest absolute Gasteiger partial charge is 0.573 e. The van der Waals surface area contributed by atoms with Crippen molar-refractivity contribution in [3.63, 3.8) is 0 Å². The minimum atomic E-state index is -5.55. The molecule has 118 valence electrons. The molecule has 0 aliphatic carbocycles. The molecular formula is C8H3ClF5NO5S. The van der Waals surface area contributed by atoms with E-state index < -0.39 is 48.7 Å². The van der Waals surface area contributed by atoms with Crippen LogP contribution in [0.5, 0.6) is 5.75 Å². The molecule has 0 N–H and O–H groups in total. The minimum absolute atomic E-state index is 0.258. The van der Waals surface area contributed by atoms with Crippen LogP contribution in [0, 0.1) is 10.1 Å². The van der Waals surface area contributed by atoms with Crippen molar-refractivity contribution in [3.05, 3.63) is 27.8 Å². The third-order valence-corrected chi connectivity index (χ3v) is 3.39. The summed E-state index contributed by atoms with van der Waals surface area (Å²) in [6, 6.07) is 0.537. The van der Waals surface area contributed by atoms with Gasteiger partial charge in [-0.2, -0.15) is 0 Å². The average Bonchev–Trinajstić information content (AvgIpc) is 2.23. The quantitative estimate of drug-likeness (QED) is 0.358. The highest BCUT2D eigenvalue weighted by atomic mass is 35.7. The van der Waals surface area contributed by atoms with Crippen molar-refractivity contribution in [2.75, 3.05) is 0 Å². The number of nitro groups is 1. The fourth-order valence-corrected chi connectivity index (χ4v) is 2.63. The predicted molar refractivity (Wildman–Crippen MR) is 57.8 cm³/mol. The fraction of sp³-hybridized carbons (Fsp3) is 0.250. The van der Waals surface area contributed by atoms with Crippen LogP contribution in [0.2, 0.25) is 0 Å². The van der Waals surface area contributed by atoms with Gasteiger partial charge in [-0.3, -0.25) is 10.1 Å². The Kier molecular flexibility index (Phi) is 4.63. The van der Waals surface area contributed by atoms with Crippen molar-refractivity contribution in [2.45, 2.75) is 17.7 Å². The van der Waals surface area contributed by atoms with Crippen LogP contribution in [0.3, 0.4) is 0 Å². The Morgan fingerprint density at radius 3 is 2.14 bits per heavy atom. The average molecular weight is 356 g/mol. The summed E-state index contributed by atoms with van der Waals surface area (Å²) in [5.41, 5.74) is -2.93. The first-order valence-electron chi connectivity index (χ1n) is 4.64. The van der Waals surface area contributed by atoms with Crippen molar-refractivity contribution in [1.29, 1.82) is 0 Å². The molecule has 0 radical (unpaired) electrons. The number of hydrogen-bond donors (Lipinski definition) is 0. The van der Waals surface area contributed by atoms with Crippen molar-refractivity contribution in [2.24, 2.45) is 0 Å². The van der Waals surface area contributed by atoms with E-state index in [1.54, 1.807) is 0 Å². The van der Waals surface area contributed by atoms with Crippen molar-refractivity contribution in [1.82, 2.24) is 0 Å². The number of nitro benzene ring substituents is 1. The molecule has 6 nitrogen and oxygen atoms in total. The highest BCUT2D eigenvalue weighted by Gasteiger charge is 2.40. The molecule has 13 heteroatoms. The number of hydrogen-bond acceptors (Lipinski definition) is 5. The van der Waals surface area contributed by atoms with Crippen molar-refractivity contribution < 1.29 is 40.0 Å². The van der Waals surface area contributed by atoms with E-state index in [0.29, 0.717) is 0 Å². The molecule has 0 aromatic heterocycles. The van der Waals surface area contributed by atoms with Crippen LogP contribution in [0.4, 0.5) is 27.6 Å². The Morgan fingerprint density at radius 2 is 1.81 bits per heavy atom. The van der Waals surface area contributed by atoms with Gasteiger partial charge >= 0.3 is 12.0 Å². The lowest BCUT2D eigenvalue weighted by Gasteiger charge is -2.14. The minimum Gasteiger partial charge on any atom is -0.397 e. The van der Waals surface area contributed by atoms with Crippen LogP contribution < -0.4 is 4.74 Å². The smallest absolute Gasteiger partial charge is 0.397 e. The first kappa shape index (κ1) is 17.4. The molecule has 0 heterocycles. The molecule has 0 aliphatic rings. The van der Waals surface area contributed by atoms with Crippen molar-refractivity contribution >= 4 is 25.4 Å². The third-order valence-electron chi connectivity index (χ3n) is 2.02. The van der Waals surface area contributed by atoms with Crippen LogP contribution in [0.15, 0.2) is 17.0 Å². The Bertz CT molecular complexity index is 674. The first-order valence-corrected chi connectivity index (χ1v) is 6.95. The van der Waals surface area contributed by atoms with E-state index in [9.17, 15) is 40.5 Å². The van der Waals surface area contributed by atoms with Gasteiger partial charge in [0.05, 0.1) is 4.92 Å². The van der Waals surface area contributed by atoms with E-state index in [2.05, 4.69) is 4.74 Å². The molecular weight excluding hydrogens is 353 g/mol. The maximum absolute atomic E-state index is 12.7. The number of alkyl halides is 5. The fourth-order valence-electron chi connectivity index (χ4n) is 1.35. The third kappa shape index (κ3) is 4.14. The number of halogens is 6. The maximum Gasteiger partial charge on any atom is 0.573 e. The van der Waals surface area contributed by atoms with Gasteiger partial charge in [-0.25, -0.2) is 17.2 Å². The highest BCUT2D eigenvalue weighted by Crippen LogP contribution is 2.43. The molecule has 1 aromatic rings. The molecule has 0 aliphatic heterocycles. The molecule has 0 amide bonds. The van der Waals surface area contributed by atoms with E-state index in [-0.39, 0.29) is 12.1 Å². The summed E-state index contributed by atoms with van der Waals surface area (Å²) in [6.45, 7) is 0. The van der Waals surface area contributed by atoms with Crippen LogP contribution in [0.25, 0.3) is 0 Å².